The van der Waals surface area contributed by atoms with Crippen molar-refractivity contribution in [1.82, 2.24) is 9.88 Å². The van der Waals surface area contributed by atoms with E-state index in [1.54, 1.807) is 20.8 Å². The monoisotopic (exact) mass is 392 g/mol. The fourth-order valence-corrected chi connectivity index (χ4v) is 2.66. The minimum absolute atomic E-state index is 0.0389. The summed E-state index contributed by atoms with van der Waals surface area (Å²) in [6, 6.07) is 2.02. The van der Waals surface area contributed by atoms with E-state index in [0.717, 1.165) is 30.5 Å². The number of nitrogens with zero attached hydrogens (tertiary/aromatic N) is 1. The first-order chi connectivity index (χ1) is 13.0. The molecule has 0 aromatic carbocycles. The lowest BCUT2D eigenvalue weighted by Crippen LogP contribution is -2.50. The number of nitrogens with one attached hydrogen (secondary N) is 1. The first kappa shape index (κ1) is 23.8. The third-order valence-electron chi connectivity index (χ3n) is 4.25. The van der Waals surface area contributed by atoms with E-state index in [1.165, 1.54) is 0 Å². The van der Waals surface area contributed by atoms with Crippen LogP contribution < -0.4 is 5.32 Å². The molecule has 1 amide bonds. The second-order valence-electron chi connectivity index (χ2n) is 8.49. The highest BCUT2D eigenvalue weighted by Crippen LogP contribution is 2.17. The van der Waals surface area contributed by atoms with Crippen molar-refractivity contribution in [2.45, 2.75) is 78.4 Å². The van der Waals surface area contributed by atoms with Crippen LogP contribution in [0.4, 0.5) is 4.79 Å². The maximum Gasteiger partial charge on any atom is 0.408 e. The van der Waals surface area contributed by atoms with Gasteiger partial charge in [0.1, 0.15) is 12.2 Å². The number of carbonyl (C=O) groups is 2. The van der Waals surface area contributed by atoms with E-state index in [0.29, 0.717) is 6.42 Å². The van der Waals surface area contributed by atoms with Crippen LogP contribution in [-0.2, 0) is 21.3 Å². The molecule has 0 aliphatic heterocycles. The smallest absolute Gasteiger partial charge is 0.408 e. The predicted molar refractivity (Wildman–Crippen MR) is 112 cm³/mol. The van der Waals surface area contributed by atoms with Crippen molar-refractivity contribution < 1.29 is 19.1 Å². The summed E-state index contributed by atoms with van der Waals surface area (Å²) >= 11 is 0. The van der Waals surface area contributed by atoms with Crippen LogP contribution in [0.2, 0.25) is 0 Å². The number of esters is 1. The fourth-order valence-electron chi connectivity index (χ4n) is 2.66. The van der Waals surface area contributed by atoms with Gasteiger partial charge in [-0.3, -0.25) is 4.79 Å². The van der Waals surface area contributed by atoms with Crippen molar-refractivity contribution >= 4 is 18.1 Å². The summed E-state index contributed by atoms with van der Waals surface area (Å²) in [5.74, 6) is -0.255. The lowest BCUT2D eigenvalue weighted by molar-refractivity contribution is -0.145. The Morgan fingerprint density at radius 1 is 1.21 bits per heavy atom. The number of ether oxygens (including phenoxy) is 2. The van der Waals surface area contributed by atoms with Crippen LogP contribution >= 0.6 is 0 Å². The highest BCUT2D eigenvalue weighted by atomic mass is 16.6. The zero-order valence-electron chi connectivity index (χ0n) is 18.4. The fraction of sp³-hybridized carbons (Fsp3) is 0.636. The molecule has 6 heteroatoms. The molecule has 0 saturated heterocycles. The first-order valence-corrected chi connectivity index (χ1v) is 9.94. The van der Waals surface area contributed by atoms with Gasteiger partial charge in [0.2, 0.25) is 0 Å². The molecule has 158 valence electrons. The minimum atomic E-state index is -0.889. The van der Waals surface area contributed by atoms with Crippen LogP contribution in [0.5, 0.6) is 0 Å². The van der Waals surface area contributed by atoms with Crippen molar-refractivity contribution in [2.24, 2.45) is 7.05 Å². The van der Waals surface area contributed by atoms with E-state index in [4.69, 9.17) is 9.47 Å². The van der Waals surface area contributed by atoms with Gasteiger partial charge in [0.25, 0.3) is 0 Å². The molecule has 0 unspecified atom stereocenters. The third kappa shape index (κ3) is 8.63. The maximum absolute atomic E-state index is 12.3. The number of hydrogen-bond donors (Lipinski definition) is 1. The number of alkyl carbamates (subject to hydrolysis) is 1. The summed E-state index contributed by atoms with van der Waals surface area (Å²) in [5, 5.41) is 2.84. The Hall–Kier alpha value is -2.24. The van der Waals surface area contributed by atoms with Gasteiger partial charge in [-0.1, -0.05) is 25.8 Å². The molecule has 1 aromatic rings. The van der Waals surface area contributed by atoms with Gasteiger partial charge in [0.05, 0.1) is 5.54 Å². The molecular weight excluding hydrogens is 356 g/mol. The molecule has 1 rings (SSSR count). The van der Waals surface area contributed by atoms with Crippen LogP contribution in [0.25, 0.3) is 6.08 Å². The molecule has 1 N–H and O–H groups in total. The quantitative estimate of drug-likeness (QED) is 0.486. The Kier molecular flexibility index (Phi) is 8.79. The number of unbranched alkanes of at least 4 members (excludes halogenated alkanes) is 2. The standard InChI is InChI=1S/C22H36N2O4/c1-8-9-10-11-19(25)27-16-22(6,23-20(26)28-21(3,4)5)14-12-18-17(2)13-15-24(18)7/h12-15H,8-11,16H2,1-7H3,(H,23,26)/t22-/m1/s1. The molecule has 1 atom stereocenters. The maximum atomic E-state index is 12.3. The molecule has 0 saturated carbocycles. The lowest BCUT2D eigenvalue weighted by Gasteiger charge is -2.29. The van der Waals surface area contributed by atoms with Crippen LogP contribution in [0.3, 0.4) is 0 Å². The lowest BCUT2D eigenvalue weighted by atomic mass is 10.0. The number of aryl methyl sites for hydroxylation is 2. The highest BCUT2D eigenvalue weighted by molar-refractivity contribution is 5.71. The molecule has 28 heavy (non-hydrogen) atoms. The van der Waals surface area contributed by atoms with Gasteiger partial charge >= 0.3 is 12.1 Å². The summed E-state index contributed by atoms with van der Waals surface area (Å²) in [4.78, 5) is 24.3. The van der Waals surface area contributed by atoms with Crippen molar-refractivity contribution in [3.8, 4) is 0 Å². The van der Waals surface area contributed by atoms with E-state index in [-0.39, 0.29) is 12.6 Å². The molecule has 1 heterocycles. The van der Waals surface area contributed by atoms with Gasteiger partial charge in [0.15, 0.2) is 0 Å². The highest BCUT2D eigenvalue weighted by Gasteiger charge is 2.28. The SMILES string of the molecule is CCCCCC(=O)OC[C@@](C)(C=Cc1c(C)ccn1C)NC(=O)OC(C)(C)C. The van der Waals surface area contributed by atoms with Crippen molar-refractivity contribution in [2.75, 3.05) is 6.61 Å². The van der Waals surface area contributed by atoms with Gasteiger partial charge in [0, 0.05) is 25.4 Å². The average Bonchev–Trinajstić information content (AvgIpc) is 2.88. The largest absolute Gasteiger partial charge is 0.463 e. The van der Waals surface area contributed by atoms with Gasteiger partial charge in [-0.15, -0.1) is 0 Å². The van der Waals surface area contributed by atoms with Crippen LogP contribution in [0.15, 0.2) is 18.3 Å². The number of amides is 1. The number of rotatable bonds is 9. The van der Waals surface area contributed by atoms with E-state index < -0.39 is 17.2 Å². The number of hydrogen-bond acceptors (Lipinski definition) is 4. The van der Waals surface area contributed by atoms with Crippen LogP contribution in [-0.4, -0.2) is 34.4 Å². The van der Waals surface area contributed by atoms with E-state index in [2.05, 4.69) is 12.2 Å². The van der Waals surface area contributed by atoms with Crippen molar-refractivity contribution in [1.29, 1.82) is 0 Å². The molecular formula is C22H36N2O4. The topological polar surface area (TPSA) is 69.6 Å². The van der Waals surface area contributed by atoms with Gasteiger partial charge in [-0.2, -0.15) is 0 Å². The summed E-state index contributed by atoms with van der Waals surface area (Å²) < 4.78 is 12.8. The Labute approximate surface area is 169 Å². The van der Waals surface area contributed by atoms with Crippen molar-refractivity contribution in [3.05, 3.63) is 29.6 Å². The molecule has 0 radical (unpaired) electrons. The predicted octanol–water partition coefficient (Wildman–Crippen LogP) is 4.75. The van der Waals surface area contributed by atoms with E-state index in [9.17, 15) is 9.59 Å². The van der Waals surface area contributed by atoms with Crippen molar-refractivity contribution in [3.63, 3.8) is 0 Å². The summed E-state index contributed by atoms with van der Waals surface area (Å²) in [7, 11) is 1.96. The van der Waals surface area contributed by atoms with Gasteiger partial charge in [-0.25, -0.2) is 4.79 Å². The minimum Gasteiger partial charge on any atom is -0.463 e. The first-order valence-electron chi connectivity index (χ1n) is 9.94. The molecule has 1 aromatic heterocycles. The Morgan fingerprint density at radius 2 is 1.89 bits per heavy atom. The number of aromatic nitrogens is 1. The second kappa shape index (κ2) is 10.3. The molecule has 0 spiro atoms. The Morgan fingerprint density at radius 3 is 2.43 bits per heavy atom. The Balaban J connectivity index is 2.89. The van der Waals surface area contributed by atoms with E-state index in [1.807, 2.05) is 49.9 Å². The average molecular weight is 393 g/mol. The molecule has 0 aliphatic rings. The molecule has 6 nitrogen and oxygen atoms in total. The molecule has 0 bridgehead atoms. The van der Waals surface area contributed by atoms with Gasteiger partial charge in [-0.05, 0) is 58.7 Å². The Bertz CT molecular complexity index is 666. The molecule has 0 fully saturated rings. The van der Waals surface area contributed by atoms with Gasteiger partial charge < -0.3 is 19.4 Å². The normalized spacial score (nSPS) is 14.0. The van der Waals surface area contributed by atoms with Crippen LogP contribution in [0.1, 0.15) is 71.6 Å². The zero-order chi connectivity index (χ0) is 21.4. The number of carbonyl (C=O) groups excluding carboxylic acids is 2. The van der Waals surface area contributed by atoms with E-state index >= 15 is 0 Å². The second-order valence-corrected chi connectivity index (χ2v) is 8.49. The summed E-state index contributed by atoms with van der Waals surface area (Å²) in [5.41, 5.74) is 0.640. The summed E-state index contributed by atoms with van der Waals surface area (Å²) in [6.07, 6.45) is 8.43. The van der Waals surface area contributed by atoms with Crippen LogP contribution in [0, 0.1) is 6.92 Å². The molecule has 0 aliphatic carbocycles. The zero-order valence-corrected chi connectivity index (χ0v) is 18.4. The third-order valence-corrected chi connectivity index (χ3v) is 4.25. The summed E-state index contributed by atoms with van der Waals surface area (Å²) in [6.45, 7) is 11.4.